The number of likely N-dealkylation sites (tertiary alicyclic amines) is 1. The van der Waals surface area contributed by atoms with Crippen molar-refractivity contribution < 1.29 is 17.9 Å². The lowest BCUT2D eigenvalue weighted by Gasteiger charge is -2.37. The molecule has 1 saturated heterocycles. The van der Waals surface area contributed by atoms with E-state index in [1.165, 1.54) is 11.1 Å². The maximum absolute atomic E-state index is 12.8. The van der Waals surface area contributed by atoms with Gasteiger partial charge >= 0.3 is 0 Å². The largest absolute Gasteiger partial charge is 0.493 e. The van der Waals surface area contributed by atoms with Crippen LogP contribution in [-0.2, 0) is 27.7 Å². The van der Waals surface area contributed by atoms with E-state index < -0.39 is 15.6 Å². The molecule has 0 bridgehead atoms. The molecular weight excluding hydrogens is 462 g/mol. The van der Waals surface area contributed by atoms with Crippen molar-refractivity contribution in [1.82, 2.24) is 14.9 Å². The Morgan fingerprint density at radius 3 is 2.55 bits per heavy atom. The molecule has 33 heavy (non-hydrogen) atoms. The molecule has 1 aromatic carbocycles. The van der Waals surface area contributed by atoms with E-state index in [9.17, 15) is 13.2 Å². The number of hydrogen-bond acceptors (Lipinski definition) is 5. The molecule has 2 N–H and O–H groups in total. The van der Waals surface area contributed by atoms with Crippen molar-refractivity contribution in [3.63, 3.8) is 0 Å². The quantitative estimate of drug-likeness (QED) is 0.543. The van der Waals surface area contributed by atoms with Gasteiger partial charge in [0, 0.05) is 25.6 Å². The SMILES string of the molecule is CC(Cc1ccc2c(c1)CCO2)C(C)NCC1CCN(C(=O)C(C)(C)NS(C)(=O)=O)CC1.Cl. The molecule has 3 rings (SSSR count). The second-order valence-electron chi connectivity index (χ2n) is 10.2. The van der Waals surface area contributed by atoms with Gasteiger partial charge in [-0.05, 0) is 75.6 Å². The third-order valence-corrected chi connectivity index (χ3v) is 7.65. The summed E-state index contributed by atoms with van der Waals surface area (Å²) in [6.45, 7) is 10.9. The number of piperidine rings is 1. The van der Waals surface area contributed by atoms with Crippen molar-refractivity contribution in [3.8, 4) is 5.75 Å². The molecule has 1 amide bonds. The summed E-state index contributed by atoms with van der Waals surface area (Å²) >= 11 is 0. The van der Waals surface area contributed by atoms with Crippen LogP contribution >= 0.6 is 12.4 Å². The molecule has 1 aromatic rings. The molecule has 0 aliphatic carbocycles. The van der Waals surface area contributed by atoms with Gasteiger partial charge in [-0.3, -0.25) is 4.79 Å². The average Bonchev–Trinajstić information content (AvgIpc) is 3.18. The predicted molar refractivity (Wildman–Crippen MR) is 135 cm³/mol. The van der Waals surface area contributed by atoms with Crippen molar-refractivity contribution >= 4 is 28.3 Å². The van der Waals surface area contributed by atoms with Crippen LogP contribution in [0.15, 0.2) is 18.2 Å². The van der Waals surface area contributed by atoms with Gasteiger partial charge in [0.1, 0.15) is 11.3 Å². The highest BCUT2D eigenvalue weighted by molar-refractivity contribution is 7.88. The van der Waals surface area contributed by atoms with Crippen LogP contribution < -0.4 is 14.8 Å². The Bertz CT molecular complexity index is 914. The Balaban J connectivity index is 0.00000385. The van der Waals surface area contributed by atoms with E-state index in [0.717, 1.165) is 50.8 Å². The van der Waals surface area contributed by atoms with Gasteiger partial charge in [0.15, 0.2) is 0 Å². The molecule has 0 radical (unpaired) electrons. The second kappa shape index (κ2) is 11.4. The molecular formula is C24H40ClN3O4S. The highest BCUT2D eigenvalue weighted by atomic mass is 35.5. The van der Waals surface area contributed by atoms with Crippen molar-refractivity contribution in [3.05, 3.63) is 29.3 Å². The molecule has 9 heteroatoms. The Labute approximate surface area is 205 Å². The van der Waals surface area contributed by atoms with E-state index in [2.05, 4.69) is 42.1 Å². The Morgan fingerprint density at radius 2 is 1.91 bits per heavy atom. The smallest absolute Gasteiger partial charge is 0.243 e. The van der Waals surface area contributed by atoms with E-state index in [4.69, 9.17) is 4.74 Å². The normalized spacial score (nSPS) is 18.8. The maximum atomic E-state index is 12.8. The van der Waals surface area contributed by atoms with Gasteiger partial charge in [-0.15, -0.1) is 12.4 Å². The topological polar surface area (TPSA) is 87.7 Å². The summed E-state index contributed by atoms with van der Waals surface area (Å²) in [6, 6.07) is 6.97. The van der Waals surface area contributed by atoms with Crippen molar-refractivity contribution in [2.24, 2.45) is 11.8 Å². The Morgan fingerprint density at radius 1 is 1.24 bits per heavy atom. The van der Waals surface area contributed by atoms with Gasteiger partial charge in [0.05, 0.1) is 12.9 Å². The van der Waals surface area contributed by atoms with Crippen LogP contribution in [0.3, 0.4) is 0 Å². The molecule has 0 spiro atoms. The molecule has 1 fully saturated rings. The zero-order valence-corrected chi connectivity index (χ0v) is 22.2. The van der Waals surface area contributed by atoms with Gasteiger partial charge in [-0.25, -0.2) is 13.1 Å². The average molecular weight is 502 g/mol. The lowest BCUT2D eigenvalue weighted by atomic mass is 9.91. The van der Waals surface area contributed by atoms with E-state index in [1.807, 2.05) is 0 Å². The van der Waals surface area contributed by atoms with E-state index in [1.54, 1.807) is 18.7 Å². The zero-order valence-electron chi connectivity index (χ0n) is 20.5. The Hall–Kier alpha value is -1.35. The fourth-order valence-corrected chi connectivity index (χ4v) is 5.73. The van der Waals surface area contributed by atoms with Crippen LogP contribution in [0.2, 0.25) is 0 Å². The molecule has 2 unspecified atom stereocenters. The van der Waals surface area contributed by atoms with Crippen molar-refractivity contribution in [1.29, 1.82) is 0 Å². The molecule has 2 heterocycles. The van der Waals surface area contributed by atoms with E-state index >= 15 is 0 Å². The minimum atomic E-state index is -3.44. The van der Waals surface area contributed by atoms with Gasteiger partial charge in [0.25, 0.3) is 0 Å². The van der Waals surface area contributed by atoms with Crippen molar-refractivity contribution in [2.75, 3.05) is 32.5 Å². The first-order valence-electron chi connectivity index (χ1n) is 11.7. The van der Waals surface area contributed by atoms with E-state index in [0.29, 0.717) is 31.0 Å². The number of ether oxygens (including phenoxy) is 1. The van der Waals surface area contributed by atoms with Crippen LogP contribution in [0.1, 0.15) is 51.7 Å². The molecule has 188 valence electrons. The van der Waals surface area contributed by atoms with Gasteiger partial charge in [0.2, 0.25) is 15.9 Å². The molecule has 2 aliphatic heterocycles. The standard InChI is InChI=1S/C24H39N3O4S.ClH/c1-17(14-20-6-7-22-21(15-20)10-13-31-22)18(2)25-16-19-8-11-27(12-9-19)23(28)24(3,4)26-32(5,29)30;/h6-7,15,17-19,25-26H,8-14,16H2,1-5H3;1H. The molecule has 0 aromatic heterocycles. The predicted octanol–water partition coefficient (Wildman–Crippen LogP) is 2.77. The third-order valence-electron chi connectivity index (χ3n) is 6.77. The number of amides is 1. The minimum absolute atomic E-state index is 0. The number of halogens is 1. The van der Waals surface area contributed by atoms with Crippen LogP contribution in [0.4, 0.5) is 0 Å². The number of rotatable bonds is 9. The molecule has 2 aliphatic rings. The first-order valence-corrected chi connectivity index (χ1v) is 13.6. The summed E-state index contributed by atoms with van der Waals surface area (Å²) in [5.41, 5.74) is 1.57. The summed E-state index contributed by atoms with van der Waals surface area (Å²) in [6.07, 6.45) is 4.99. The summed E-state index contributed by atoms with van der Waals surface area (Å²) < 4.78 is 31.2. The number of nitrogens with zero attached hydrogens (tertiary/aromatic N) is 1. The summed E-state index contributed by atoms with van der Waals surface area (Å²) in [4.78, 5) is 14.6. The highest BCUT2D eigenvalue weighted by Crippen LogP contribution is 2.27. The summed E-state index contributed by atoms with van der Waals surface area (Å²) in [5, 5.41) is 3.71. The lowest BCUT2D eigenvalue weighted by molar-refractivity contribution is -0.137. The fraction of sp³-hybridized carbons (Fsp3) is 0.708. The zero-order chi connectivity index (χ0) is 23.5. The van der Waals surface area contributed by atoms with Gasteiger partial charge in [-0.2, -0.15) is 0 Å². The van der Waals surface area contributed by atoms with Crippen LogP contribution in [0.25, 0.3) is 0 Å². The lowest BCUT2D eigenvalue weighted by Crippen LogP contribution is -2.57. The van der Waals surface area contributed by atoms with E-state index in [-0.39, 0.29) is 18.3 Å². The first kappa shape index (κ1) is 27.9. The monoisotopic (exact) mass is 501 g/mol. The number of sulfonamides is 1. The number of fused-ring (bicyclic) bond motifs is 1. The molecule has 2 atom stereocenters. The van der Waals surface area contributed by atoms with Crippen LogP contribution in [0, 0.1) is 11.8 Å². The summed E-state index contributed by atoms with van der Waals surface area (Å²) in [5.74, 6) is 1.92. The second-order valence-corrected chi connectivity index (χ2v) is 11.9. The third kappa shape index (κ3) is 7.84. The number of carbonyl (C=O) groups is 1. The number of benzene rings is 1. The van der Waals surface area contributed by atoms with Gasteiger partial charge < -0.3 is 15.0 Å². The number of carbonyl (C=O) groups excluding carboxylic acids is 1. The number of nitrogens with one attached hydrogen (secondary N) is 2. The molecule has 7 nitrogen and oxygen atoms in total. The fourth-order valence-electron chi connectivity index (χ4n) is 4.71. The number of hydrogen-bond donors (Lipinski definition) is 2. The van der Waals surface area contributed by atoms with Gasteiger partial charge in [-0.1, -0.05) is 19.1 Å². The van der Waals surface area contributed by atoms with Crippen LogP contribution in [0.5, 0.6) is 5.75 Å². The maximum Gasteiger partial charge on any atom is 0.243 e. The molecule has 0 saturated carbocycles. The Kier molecular flexibility index (Phi) is 9.62. The summed E-state index contributed by atoms with van der Waals surface area (Å²) in [7, 11) is -3.44. The van der Waals surface area contributed by atoms with Crippen LogP contribution in [-0.4, -0.2) is 63.3 Å². The van der Waals surface area contributed by atoms with Crippen molar-refractivity contribution in [2.45, 2.75) is 65.0 Å². The first-order chi connectivity index (χ1) is 14.9. The highest BCUT2D eigenvalue weighted by Gasteiger charge is 2.36. The minimum Gasteiger partial charge on any atom is -0.493 e.